The number of rotatable bonds is 19. The van der Waals surface area contributed by atoms with Gasteiger partial charge in [-0.1, -0.05) is 37.6 Å². The van der Waals surface area contributed by atoms with Crippen LogP contribution in [-0.2, 0) is 35.2 Å². The molecule has 1 unspecified atom stereocenters. The second kappa shape index (κ2) is 21.4. The van der Waals surface area contributed by atoms with Gasteiger partial charge in [0, 0.05) is 98.7 Å². The van der Waals surface area contributed by atoms with Gasteiger partial charge in [-0.05, 0) is 43.2 Å². The number of fused-ring (bicyclic) bond motifs is 1. The van der Waals surface area contributed by atoms with Crippen molar-refractivity contribution in [2.24, 2.45) is 0 Å². The van der Waals surface area contributed by atoms with Crippen molar-refractivity contribution in [2.45, 2.75) is 58.5 Å². The van der Waals surface area contributed by atoms with E-state index in [2.05, 4.69) is 16.0 Å². The zero-order chi connectivity index (χ0) is 44.3. The summed E-state index contributed by atoms with van der Waals surface area (Å²) >= 11 is 6.66. The molecule has 6 rings (SSSR count). The van der Waals surface area contributed by atoms with Crippen molar-refractivity contribution < 1.29 is 47.0 Å². The Balaban J connectivity index is 0.889. The lowest BCUT2D eigenvalue weighted by molar-refractivity contribution is -0.137. The molecule has 0 saturated carbocycles. The molecule has 332 valence electrons. The van der Waals surface area contributed by atoms with Crippen molar-refractivity contribution in [3.63, 3.8) is 0 Å². The topological polar surface area (TPSA) is 183 Å². The highest BCUT2D eigenvalue weighted by Gasteiger charge is 2.40. The number of ether oxygens (including phenoxy) is 3. The summed E-state index contributed by atoms with van der Waals surface area (Å²) in [4.78, 5) is 66.9. The fourth-order valence-corrected chi connectivity index (χ4v) is 8.20. The molecule has 2 fully saturated rings. The molecule has 2 aromatic rings. The van der Waals surface area contributed by atoms with Gasteiger partial charge in [-0.2, -0.15) is 0 Å². The largest absolute Gasteiger partial charge is 0.490 e. The summed E-state index contributed by atoms with van der Waals surface area (Å²) in [6, 6.07) is 8.68. The van der Waals surface area contributed by atoms with E-state index >= 15 is 8.78 Å². The number of anilines is 1. The average Bonchev–Trinajstić information content (AvgIpc) is 3.60. The number of allylic oxidation sites excluding steroid dienone is 6. The Kier molecular flexibility index (Phi) is 15.9. The molecule has 3 heterocycles. The zero-order valence-electron chi connectivity index (χ0n) is 34.9. The molecule has 15 nitrogen and oxygen atoms in total. The molecule has 3 aliphatic heterocycles. The van der Waals surface area contributed by atoms with E-state index in [0.29, 0.717) is 63.2 Å². The number of halogens is 3. The van der Waals surface area contributed by atoms with E-state index in [4.69, 9.17) is 31.2 Å². The van der Waals surface area contributed by atoms with Crippen molar-refractivity contribution in [1.29, 1.82) is 5.41 Å². The van der Waals surface area contributed by atoms with E-state index in [0.717, 1.165) is 16.9 Å². The van der Waals surface area contributed by atoms with Crippen molar-refractivity contribution in [1.82, 2.24) is 25.3 Å². The monoisotopic (exact) mass is 879 g/mol. The molecule has 2 aromatic carbocycles. The number of amides is 5. The maximum absolute atomic E-state index is 16.1. The minimum absolute atomic E-state index is 0.00158. The van der Waals surface area contributed by atoms with Crippen LogP contribution in [0.4, 0.5) is 14.5 Å². The van der Waals surface area contributed by atoms with Crippen LogP contribution in [0.1, 0.15) is 67.4 Å². The number of carbonyl (C=O) groups excluding carboxylic acids is 5. The number of benzene rings is 2. The number of hydrogen-bond donors (Lipinski definition) is 4. The quantitative estimate of drug-likeness (QED) is 0.114. The normalized spacial score (nSPS) is 18.8. The first-order chi connectivity index (χ1) is 29.9. The van der Waals surface area contributed by atoms with Crippen LogP contribution < -0.4 is 20.7 Å². The SMILES string of the molecule is CCC(=O)N1CCN(/C(CC)=C2\C=C(Cl)C(c3c(F)cccc3OCCOCCOCCC(=O)NCCNc3cccc4c3CN(C3CCC(=O)NC3=O)C4=O)=C(F)C2=N)CC1. The first-order valence-corrected chi connectivity index (χ1v) is 21.3. The highest BCUT2D eigenvalue weighted by Crippen LogP contribution is 2.43. The number of piperidine rings is 1. The summed E-state index contributed by atoms with van der Waals surface area (Å²) in [6.45, 7) is 7.45. The van der Waals surface area contributed by atoms with Gasteiger partial charge in [0.05, 0.1) is 42.7 Å². The number of piperazine rings is 1. The molecule has 62 heavy (non-hydrogen) atoms. The Bertz CT molecular complexity index is 2170. The Morgan fingerprint density at radius 3 is 2.35 bits per heavy atom. The standard InChI is InChI=1S/C44H52ClF2N7O8/c1-3-33(52-16-18-53(19-17-52)38(57)4-2)28-25-30(45)39(41(47)42(28)48)40-31(46)8-6-10-35(40)62-24-23-61-22-21-60-20-13-36(55)50-15-14-49-32-9-5-7-27-29(32)26-54(44(27)59)34-11-12-37(56)51-43(34)58/h5-10,25,34,48-49H,3-4,11-24,26H2,1-2H3,(H,50,55)(H,51,56,58)/b33-28+,48-42?. The molecule has 4 aliphatic rings. The maximum Gasteiger partial charge on any atom is 0.255 e. The highest BCUT2D eigenvalue weighted by molar-refractivity contribution is 6.40. The summed E-state index contributed by atoms with van der Waals surface area (Å²) in [5.74, 6) is -2.91. The van der Waals surface area contributed by atoms with Crippen LogP contribution in [0.25, 0.3) is 5.57 Å². The van der Waals surface area contributed by atoms with E-state index in [1.165, 1.54) is 29.2 Å². The van der Waals surface area contributed by atoms with Crippen LogP contribution in [0, 0.1) is 11.2 Å². The van der Waals surface area contributed by atoms with Crippen molar-refractivity contribution >= 4 is 58.1 Å². The Morgan fingerprint density at radius 2 is 1.63 bits per heavy atom. The zero-order valence-corrected chi connectivity index (χ0v) is 35.6. The van der Waals surface area contributed by atoms with Gasteiger partial charge < -0.3 is 39.5 Å². The van der Waals surface area contributed by atoms with Crippen LogP contribution in [0.3, 0.4) is 0 Å². The van der Waals surface area contributed by atoms with Gasteiger partial charge in [-0.15, -0.1) is 0 Å². The first-order valence-electron chi connectivity index (χ1n) is 20.9. The summed E-state index contributed by atoms with van der Waals surface area (Å²) in [5, 5.41) is 17.0. The van der Waals surface area contributed by atoms with Gasteiger partial charge in [0.25, 0.3) is 5.91 Å². The van der Waals surface area contributed by atoms with Gasteiger partial charge in [-0.3, -0.25) is 34.7 Å². The smallest absolute Gasteiger partial charge is 0.255 e. The van der Waals surface area contributed by atoms with Gasteiger partial charge in [0.2, 0.25) is 23.6 Å². The predicted octanol–water partition coefficient (Wildman–Crippen LogP) is 4.67. The first kappa shape index (κ1) is 45.9. The van der Waals surface area contributed by atoms with Crippen molar-refractivity contribution in [2.75, 3.05) is 77.6 Å². The summed E-state index contributed by atoms with van der Waals surface area (Å²) in [5.41, 5.74) is 2.14. The third-order valence-electron chi connectivity index (χ3n) is 11.1. The van der Waals surface area contributed by atoms with Crippen LogP contribution in [-0.4, -0.2) is 128 Å². The van der Waals surface area contributed by atoms with Gasteiger partial charge in [-0.25, -0.2) is 8.78 Å². The molecular formula is C44H52ClF2N7O8. The van der Waals surface area contributed by atoms with E-state index in [9.17, 15) is 24.0 Å². The van der Waals surface area contributed by atoms with Crippen LogP contribution in [0.5, 0.6) is 5.75 Å². The number of hydrogen-bond acceptors (Lipinski definition) is 11. The molecule has 5 amide bonds. The Hall–Kier alpha value is -5.65. The molecule has 0 bridgehead atoms. The minimum atomic E-state index is -0.970. The predicted molar refractivity (Wildman–Crippen MR) is 228 cm³/mol. The lowest BCUT2D eigenvalue weighted by atomic mass is 9.91. The van der Waals surface area contributed by atoms with Crippen molar-refractivity contribution in [3.8, 4) is 5.75 Å². The molecule has 18 heteroatoms. The molecule has 1 aliphatic carbocycles. The third kappa shape index (κ3) is 10.7. The van der Waals surface area contributed by atoms with Gasteiger partial charge in [0.1, 0.15) is 24.2 Å². The Labute approximate surface area is 363 Å². The lowest BCUT2D eigenvalue weighted by Crippen LogP contribution is -2.52. The molecular weight excluding hydrogens is 828 g/mol. The van der Waals surface area contributed by atoms with E-state index < -0.39 is 29.3 Å². The fraction of sp³-hybridized carbons (Fsp3) is 0.455. The van der Waals surface area contributed by atoms with Crippen LogP contribution in [0.15, 0.2) is 64.6 Å². The molecule has 4 N–H and O–H groups in total. The third-order valence-corrected chi connectivity index (χ3v) is 11.4. The minimum Gasteiger partial charge on any atom is -0.490 e. The number of nitrogens with one attached hydrogen (secondary N) is 4. The molecule has 0 aromatic heterocycles. The Morgan fingerprint density at radius 1 is 0.919 bits per heavy atom. The van der Waals surface area contributed by atoms with Crippen molar-refractivity contribution in [3.05, 3.63) is 87.1 Å². The van der Waals surface area contributed by atoms with E-state index in [-0.39, 0.29) is 104 Å². The average molecular weight is 880 g/mol. The second-order valence-corrected chi connectivity index (χ2v) is 15.3. The number of imide groups is 1. The van der Waals surface area contributed by atoms with Gasteiger partial charge >= 0.3 is 0 Å². The number of carbonyl (C=O) groups is 5. The fourth-order valence-electron chi connectivity index (χ4n) is 7.91. The maximum atomic E-state index is 16.1. The summed E-state index contributed by atoms with van der Waals surface area (Å²) < 4.78 is 48.4. The number of nitrogens with zero attached hydrogens (tertiary/aromatic N) is 3. The van der Waals surface area contributed by atoms with Gasteiger partial charge in [0.15, 0.2) is 5.83 Å². The van der Waals surface area contributed by atoms with E-state index in [1.54, 1.807) is 17.0 Å². The summed E-state index contributed by atoms with van der Waals surface area (Å²) in [6.07, 6.45) is 2.99. The highest BCUT2D eigenvalue weighted by atomic mass is 35.5. The molecule has 0 radical (unpaired) electrons. The van der Waals surface area contributed by atoms with E-state index in [1.807, 2.05) is 24.8 Å². The molecule has 0 spiro atoms. The molecule has 2 saturated heterocycles. The van der Waals surface area contributed by atoms with Crippen LogP contribution in [0.2, 0.25) is 0 Å². The van der Waals surface area contributed by atoms with Crippen LogP contribution >= 0.6 is 11.6 Å². The lowest BCUT2D eigenvalue weighted by Gasteiger charge is -2.38. The summed E-state index contributed by atoms with van der Waals surface area (Å²) in [7, 11) is 0. The second-order valence-electron chi connectivity index (χ2n) is 14.9. The molecule has 1 atom stereocenters.